The Bertz CT molecular complexity index is 1310. The van der Waals surface area contributed by atoms with Crippen molar-refractivity contribution in [2.45, 2.75) is 12.8 Å². The number of ether oxygens (including phenoxy) is 2. The molecule has 4 rings (SSSR count). The first kappa shape index (κ1) is 23.0. The molecule has 1 atom stereocenters. The molecule has 0 fully saturated rings. The van der Waals surface area contributed by atoms with E-state index >= 15 is 0 Å². The first-order valence-electron chi connectivity index (χ1n) is 9.98. The number of carboxylic acids is 1. The zero-order valence-corrected chi connectivity index (χ0v) is 20.5. The lowest BCUT2D eigenvalue weighted by Gasteiger charge is -2.15. The fourth-order valence-electron chi connectivity index (χ4n) is 3.35. The highest BCUT2D eigenvalue weighted by Crippen LogP contribution is 2.40. The topological polar surface area (TPSA) is 90.7 Å². The Morgan fingerprint density at radius 1 is 1.06 bits per heavy atom. The largest absolute Gasteiger partial charge is 0.480 e. The highest BCUT2D eigenvalue weighted by molar-refractivity contribution is 9.11. The van der Waals surface area contributed by atoms with Gasteiger partial charge in [0.1, 0.15) is 5.75 Å². The van der Waals surface area contributed by atoms with Gasteiger partial charge in [-0.2, -0.15) is 5.10 Å². The van der Waals surface area contributed by atoms with E-state index in [4.69, 9.17) is 9.47 Å². The van der Waals surface area contributed by atoms with Crippen molar-refractivity contribution in [3.8, 4) is 17.2 Å². The number of carboxylic acid groups (broad SMARTS) is 1. The predicted octanol–water partition coefficient (Wildman–Crippen LogP) is 6.07. The second-order valence-corrected chi connectivity index (χ2v) is 8.78. The molecule has 0 spiro atoms. The average Bonchev–Trinajstić information content (AvgIpc) is 3.20. The van der Waals surface area contributed by atoms with Crippen LogP contribution in [0.1, 0.15) is 18.4 Å². The number of para-hydroxylation sites is 1. The molecule has 168 valence electrons. The third kappa shape index (κ3) is 4.94. The van der Waals surface area contributed by atoms with Crippen molar-refractivity contribution in [3.05, 3.63) is 81.4 Å². The summed E-state index contributed by atoms with van der Waals surface area (Å²) in [5.74, 6) is -2.53. The van der Waals surface area contributed by atoms with Gasteiger partial charge in [-0.05, 0) is 86.8 Å². The summed E-state index contributed by atoms with van der Waals surface area (Å²) in [7, 11) is 0. The number of aromatic nitrogens is 2. The van der Waals surface area contributed by atoms with E-state index in [-0.39, 0.29) is 12.2 Å². The number of aliphatic carboxylic acids is 1. The number of esters is 1. The monoisotopic (exact) mass is 572 g/mol. The Morgan fingerprint density at radius 2 is 1.76 bits per heavy atom. The van der Waals surface area contributed by atoms with Crippen LogP contribution in [0.4, 0.5) is 0 Å². The molecule has 0 aliphatic carbocycles. The van der Waals surface area contributed by atoms with Crippen LogP contribution in [0.3, 0.4) is 0 Å². The lowest BCUT2D eigenvalue weighted by atomic mass is 9.99. The van der Waals surface area contributed by atoms with Gasteiger partial charge in [-0.15, -0.1) is 0 Å². The Labute approximate surface area is 206 Å². The summed E-state index contributed by atoms with van der Waals surface area (Å²) >= 11 is 6.86. The van der Waals surface area contributed by atoms with E-state index in [0.717, 1.165) is 16.6 Å². The summed E-state index contributed by atoms with van der Waals surface area (Å²) in [5.41, 5.74) is 2.04. The summed E-state index contributed by atoms with van der Waals surface area (Å²) in [5, 5.41) is 15.0. The standard InChI is InChI=1S/C24H18Br2N2O5/c1-2-32-24(31)21(23(29)30)14-11-18(25)22(19(26)12-14)33-17-8-9-20-15(10-17)13-28(27-20)16-6-4-3-5-7-16/h3-13,21H,2H2,1H3,(H,29,30). The van der Waals surface area contributed by atoms with Crippen LogP contribution in [0.15, 0.2) is 75.8 Å². The normalized spacial score (nSPS) is 11.8. The molecular formula is C24H18Br2N2O5. The first-order valence-corrected chi connectivity index (χ1v) is 11.6. The maximum atomic E-state index is 12.1. The van der Waals surface area contributed by atoms with Gasteiger partial charge in [0, 0.05) is 11.6 Å². The Morgan fingerprint density at radius 3 is 2.39 bits per heavy atom. The van der Waals surface area contributed by atoms with Crippen LogP contribution < -0.4 is 4.74 Å². The number of hydrogen-bond acceptors (Lipinski definition) is 5. The van der Waals surface area contributed by atoms with Gasteiger partial charge in [-0.25, -0.2) is 4.68 Å². The molecule has 0 saturated carbocycles. The Kier molecular flexibility index (Phi) is 6.80. The highest BCUT2D eigenvalue weighted by atomic mass is 79.9. The molecule has 0 amide bonds. The summed E-state index contributed by atoms with van der Waals surface area (Å²) in [6, 6.07) is 18.4. The van der Waals surface area contributed by atoms with Crippen LogP contribution >= 0.6 is 31.9 Å². The summed E-state index contributed by atoms with van der Waals surface area (Å²) in [6.07, 6.45) is 1.92. The molecule has 4 aromatic rings. The van der Waals surface area contributed by atoms with Gasteiger partial charge in [0.15, 0.2) is 11.7 Å². The molecule has 33 heavy (non-hydrogen) atoms. The van der Waals surface area contributed by atoms with Gasteiger partial charge in [0.2, 0.25) is 0 Å². The van der Waals surface area contributed by atoms with Gasteiger partial charge >= 0.3 is 11.9 Å². The fraction of sp³-hybridized carbons (Fsp3) is 0.125. The smallest absolute Gasteiger partial charge is 0.324 e. The average molecular weight is 574 g/mol. The molecular weight excluding hydrogens is 556 g/mol. The van der Waals surface area contributed by atoms with E-state index in [1.54, 1.807) is 29.8 Å². The van der Waals surface area contributed by atoms with E-state index in [1.807, 2.05) is 48.7 Å². The van der Waals surface area contributed by atoms with Crippen LogP contribution in [-0.2, 0) is 14.3 Å². The molecule has 1 N–H and O–H groups in total. The van der Waals surface area contributed by atoms with Gasteiger partial charge in [0.05, 0.1) is 26.8 Å². The predicted molar refractivity (Wildman–Crippen MR) is 130 cm³/mol. The zero-order valence-electron chi connectivity index (χ0n) is 17.4. The molecule has 3 aromatic carbocycles. The van der Waals surface area contributed by atoms with Crippen molar-refractivity contribution in [2.24, 2.45) is 0 Å². The van der Waals surface area contributed by atoms with Gasteiger partial charge in [-0.1, -0.05) is 18.2 Å². The van der Waals surface area contributed by atoms with Crippen molar-refractivity contribution < 1.29 is 24.2 Å². The number of rotatable bonds is 7. The van der Waals surface area contributed by atoms with Gasteiger partial charge in [0.25, 0.3) is 0 Å². The molecule has 0 bridgehead atoms. The van der Waals surface area contributed by atoms with Crippen LogP contribution in [0, 0.1) is 0 Å². The lowest BCUT2D eigenvalue weighted by molar-refractivity contribution is -0.153. The van der Waals surface area contributed by atoms with Crippen LogP contribution in [0.5, 0.6) is 11.5 Å². The number of hydrogen-bond donors (Lipinski definition) is 1. The molecule has 1 heterocycles. The number of carbonyl (C=O) groups excluding carboxylic acids is 1. The number of benzene rings is 3. The highest BCUT2D eigenvalue weighted by Gasteiger charge is 2.31. The Hall–Kier alpha value is -3.17. The van der Waals surface area contributed by atoms with E-state index in [1.165, 1.54) is 0 Å². The summed E-state index contributed by atoms with van der Waals surface area (Å²) in [4.78, 5) is 23.8. The first-order chi connectivity index (χ1) is 15.9. The van der Waals surface area contributed by atoms with E-state index in [9.17, 15) is 14.7 Å². The second-order valence-electron chi connectivity index (χ2n) is 7.07. The third-order valence-corrected chi connectivity index (χ3v) is 6.02. The van der Waals surface area contributed by atoms with Crippen molar-refractivity contribution in [3.63, 3.8) is 0 Å². The maximum absolute atomic E-state index is 12.1. The van der Waals surface area contributed by atoms with Gasteiger partial charge in [-0.3, -0.25) is 9.59 Å². The van der Waals surface area contributed by atoms with Crippen LogP contribution in [0.25, 0.3) is 16.6 Å². The third-order valence-electron chi connectivity index (χ3n) is 4.84. The van der Waals surface area contributed by atoms with E-state index in [2.05, 4.69) is 37.0 Å². The molecule has 0 radical (unpaired) electrons. The number of halogens is 2. The second kappa shape index (κ2) is 9.76. The Balaban J connectivity index is 1.63. The minimum absolute atomic E-state index is 0.0927. The fourth-order valence-corrected chi connectivity index (χ4v) is 4.73. The quantitative estimate of drug-likeness (QED) is 0.213. The molecule has 0 saturated heterocycles. The molecule has 0 aliphatic rings. The SMILES string of the molecule is CCOC(=O)C(C(=O)O)c1cc(Br)c(Oc2ccc3nn(-c4ccccc4)cc3c2)c(Br)c1. The van der Waals surface area contributed by atoms with E-state index < -0.39 is 17.9 Å². The number of fused-ring (bicyclic) bond motifs is 1. The van der Waals surface area contributed by atoms with Crippen molar-refractivity contribution >= 4 is 54.7 Å². The molecule has 9 heteroatoms. The van der Waals surface area contributed by atoms with Crippen LogP contribution in [0.2, 0.25) is 0 Å². The lowest BCUT2D eigenvalue weighted by Crippen LogP contribution is -2.24. The molecule has 1 unspecified atom stereocenters. The van der Waals surface area contributed by atoms with Crippen molar-refractivity contribution in [1.29, 1.82) is 0 Å². The van der Waals surface area contributed by atoms with E-state index in [0.29, 0.717) is 20.4 Å². The number of carbonyl (C=O) groups is 2. The number of nitrogens with zero attached hydrogens (tertiary/aromatic N) is 2. The van der Waals surface area contributed by atoms with Gasteiger partial charge < -0.3 is 14.6 Å². The zero-order chi connectivity index (χ0) is 23.5. The molecule has 0 aliphatic heterocycles. The van der Waals surface area contributed by atoms with Crippen molar-refractivity contribution in [1.82, 2.24) is 9.78 Å². The molecule has 7 nitrogen and oxygen atoms in total. The molecule has 1 aromatic heterocycles. The summed E-state index contributed by atoms with van der Waals surface area (Å²) in [6.45, 7) is 1.72. The van der Waals surface area contributed by atoms with Crippen LogP contribution in [-0.4, -0.2) is 33.4 Å². The minimum atomic E-state index is -1.44. The minimum Gasteiger partial charge on any atom is -0.480 e. The maximum Gasteiger partial charge on any atom is 0.324 e. The van der Waals surface area contributed by atoms with Crippen molar-refractivity contribution in [2.75, 3.05) is 6.61 Å². The summed E-state index contributed by atoms with van der Waals surface area (Å²) < 4.78 is 13.8.